The maximum atomic E-state index is 10.3. The first-order valence-corrected chi connectivity index (χ1v) is 7.60. The zero-order valence-electron chi connectivity index (χ0n) is 14.4. The molecule has 1 aromatic carbocycles. The topological polar surface area (TPSA) is 94.3 Å². The predicted octanol–water partition coefficient (Wildman–Crippen LogP) is 2.75. The van der Waals surface area contributed by atoms with Crippen LogP contribution in [0.3, 0.4) is 0 Å². The number of aryl methyl sites for hydroxylation is 2. The Morgan fingerprint density at radius 2 is 1.76 bits per heavy atom. The van der Waals surface area contributed by atoms with E-state index in [1.807, 2.05) is 19.9 Å². The van der Waals surface area contributed by atoms with E-state index < -0.39 is 0 Å². The third-order valence-electron chi connectivity index (χ3n) is 3.56. The zero-order valence-corrected chi connectivity index (χ0v) is 14.4. The summed E-state index contributed by atoms with van der Waals surface area (Å²) < 4.78 is 12.2. The highest BCUT2D eigenvalue weighted by atomic mass is 16.5. The van der Waals surface area contributed by atoms with Gasteiger partial charge in [-0.1, -0.05) is 0 Å². The van der Waals surface area contributed by atoms with Crippen LogP contribution < -0.4 is 14.8 Å². The maximum Gasteiger partial charge on any atom is 0.302 e. The Kier molecular flexibility index (Phi) is 4.42. The highest BCUT2D eigenvalue weighted by molar-refractivity contribution is 5.60. The molecule has 130 valence electrons. The molecule has 3 rings (SSSR count). The van der Waals surface area contributed by atoms with Gasteiger partial charge >= 0.3 is 6.01 Å². The number of nitrogens with zero attached hydrogens (tertiary/aromatic N) is 4. The average Bonchev–Trinajstić information content (AvgIpc) is 2.97. The van der Waals surface area contributed by atoms with Crippen molar-refractivity contribution in [2.45, 2.75) is 13.8 Å². The summed E-state index contributed by atoms with van der Waals surface area (Å²) in [5, 5.41) is 13.4. The van der Waals surface area contributed by atoms with Crippen LogP contribution in [0.2, 0.25) is 0 Å². The van der Waals surface area contributed by atoms with Gasteiger partial charge in [0.1, 0.15) is 17.3 Å². The second-order valence-corrected chi connectivity index (χ2v) is 5.42. The second-order valence-electron chi connectivity index (χ2n) is 5.42. The third-order valence-corrected chi connectivity index (χ3v) is 3.56. The number of methoxy groups -OCH3 is 2. The number of benzene rings is 1. The van der Waals surface area contributed by atoms with Crippen molar-refractivity contribution in [1.29, 1.82) is 0 Å². The number of aromatic hydroxyl groups is 1. The zero-order chi connectivity index (χ0) is 18.0. The Morgan fingerprint density at radius 1 is 1.04 bits per heavy atom. The number of imidazole rings is 1. The average molecular weight is 341 g/mol. The van der Waals surface area contributed by atoms with Gasteiger partial charge in [0, 0.05) is 17.5 Å². The van der Waals surface area contributed by atoms with Gasteiger partial charge in [-0.3, -0.25) is 0 Å². The van der Waals surface area contributed by atoms with E-state index in [2.05, 4.69) is 20.3 Å². The molecule has 0 unspecified atom stereocenters. The number of hydrogen-bond acceptors (Lipinski definition) is 7. The van der Waals surface area contributed by atoms with E-state index >= 15 is 0 Å². The first-order valence-electron chi connectivity index (χ1n) is 7.60. The highest BCUT2D eigenvalue weighted by Crippen LogP contribution is 2.33. The molecule has 2 N–H and O–H groups in total. The van der Waals surface area contributed by atoms with E-state index in [4.69, 9.17) is 9.47 Å². The Morgan fingerprint density at radius 3 is 2.40 bits per heavy atom. The van der Waals surface area contributed by atoms with Gasteiger partial charge in [0.25, 0.3) is 0 Å². The van der Waals surface area contributed by atoms with Crippen LogP contribution in [0.1, 0.15) is 11.4 Å². The minimum absolute atomic E-state index is 0.0569. The SMILES string of the molecule is COc1ccc(O)c(-n2c(Nc3nc(C)cc(C)n3)cnc2OC)c1. The summed E-state index contributed by atoms with van der Waals surface area (Å²) in [5.41, 5.74) is 2.15. The number of aromatic nitrogens is 4. The number of ether oxygens (including phenoxy) is 2. The third kappa shape index (κ3) is 3.32. The van der Waals surface area contributed by atoms with Gasteiger partial charge in [0.05, 0.1) is 26.1 Å². The molecular weight excluding hydrogens is 322 g/mol. The molecule has 2 aromatic heterocycles. The van der Waals surface area contributed by atoms with E-state index in [9.17, 15) is 5.11 Å². The molecule has 0 saturated heterocycles. The Bertz CT molecular complexity index is 887. The number of phenolic OH excluding ortho intramolecular Hbond substituents is 1. The van der Waals surface area contributed by atoms with Crippen molar-refractivity contribution in [3.05, 3.63) is 41.9 Å². The predicted molar refractivity (Wildman–Crippen MR) is 93.1 cm³/mol. The Balaban J connectivity index is 2.09. The molecule has 3 aromatic rings. The van der Waals surface area contributed by atoms with E-state index in [-0.39, 0.29) is 5.75 Å². The molecular formula is C17H19N5O3. The largest absolute Gasteiger partial charge is 0.506 e. The standard InChI is InChI=1S/C17H19N5O3/c1-10-7-11(2)20-16(19-10)21-15-9-18-17(25-4)22(15)13-8-12(24-3)5-6-14(13)23/h5-9,23H,1-4H3,(H,19,20,21). The monoisotopic (exact) mass is 341 g/mol. The number of anilines is 2. The van der Waals surface area contributed by atoms with E-state index in [0.29, 0.717) is 29.2 Å². The van der Waals surface area contributed by atoms with E-state index in [0.717, 1.165) is 11.4 Å². The van der Waals surface area contributed by atoms with Crippen molar-refractivity contribution < 1.29 is 14.6 Å². The molecule has 0 aliphatic rings. The lowest BCUT2D eigenvalue weighted by atomic mass is 10.2. The number of hydrogen-bond donors (Lipinski definition) is 2. The van der Waals surface area contributed by atoms with E-state index in [1.54, 1.807) is 36.1 Å². The minimum Gasteiger partial charge on any atom is -0.506 e. The van der Waals surface area contributed by atoms with Gasteiger partial charge in [-0.2, -0.15) is 0 Å². The molecule has 0 atom stereocenters. The number of nitrogens with one attached hydrogen (secondary N) is 1. The lowest BCUT2D eigenvalue weighted by Crippen LogP contribution is -2.06. The summed E-state index contributed by atoms with van der Waals surface area (Å²) in [6.45, 7) is 3.79. The van der Waals surface area contributed by atoms with Crippen LogP contribution in [-0.4, -0.2) is 38.8 Å². The van der Waals surface area contributed by atoms with Crippen molar-refractivity contribution in [3.8, 4) is 23.2 Å². The molecule has 0 bridgehead atoms. The fourth-order valence-electron chi connectivity index (χ4n) is 2.51. The summed E-state index contributed by atoms with van der Waals surface area (Å²) in [6, 6.07) is 7.09. The van der Waals surface area contributed by atoms with Gasteiger partial charge in [-0.15, -0.1) is 0 Å². The summed E-state index contributed by atoms with van der Waals surface area (Å²) in [5.74, 6) is 1.63. The molecule has 0 amide bonds. The van der Waals surface area contributed by atoms with Gasteiger partial charge in [0.2, 0.25) is 5.95 Å². The van der Waals surface area contributed by atoms with Crippen LogP contribution in [0.15, 0.2) is 30.5 Å². The normalized spacial score (nSPS) is 10.6. The van der Waals surface area contributed by atoms with Crippen molar-refractivity contribution in [1.82, 2.24) is 19.5 Å². The van der Waals surface area contributed by atoms with Crippen LogP contribution in [0.4, 0.5) is 11.8 Å². The van der Waals surface area contributed by atoms with Crippen LogP contribution in [0, 0.1) is 13.8 Å². The summed E-state index contributed by atoms with van der Waals surface area (Å²) in [6.07, 6.45) is 1.58. The van der Waals surface area contributed by atoms with Gasteiger partial charge in [0.15, 0.2) is 0 Å². The highest BCUT2D eigenvalue weighted by Gasteiger charge is 2.17. The van der Waals surface area contributed by atoms with Gasteiger partial charge in [-0.05, 0) is 32.0 Å². The molecule has 25 heavy (non-hydrogen) atoms. The molecule has 0 spiro atoms. The lowest BCUT2D eigenvalue weighted by Gasteiger charge is -2.14. The van der Waals surface area contributed by atoms with E-state index in [1.165, 1.54) is 7.11 Å². The molecule has 0 radical (unpaired) electrons. The first kappa shape index (κ1) is 16.6. The fraction of sp³-hybridized carbons (Fsp3) is 0.235. The number of phenols is 1. The first-order chi connectivity index (χ1) is 12.0. The molecule has 0 saturated carbocycles. The molecule has 8 nitrogen and oxygen atoms in total. The number of rotatable bonds is 5. The molecule has 0 aliphatic heterocycles. The smallest absolute Gasteiger partial charge is 0.302 e. The lowest BCUT2D eigenvalue weighted by molar-refractivity contribution is 0.371. The molecule has 0 fully saturated rings. The summed E-state index contributed by atoms with van der Waals surface area (Å²) in [7, 11) is 3.07. The van der Waals surface area contributed by atoms with Crippen LogP contribution >= 0.6 is 0 Å². The van der Waals surface area contributed by atoms with Crippen molar-refractivity contribution in [2.24, 2.45) is 0 Å². The summed E-state index contributed by atoms with van der Waals surface area (Å²) in [4.78, 5) is 12.9. The van der Waals surface area contributed by atoms with Crippen molar-refractivity contribution in [2.75, 3.05) is 19.5 Å². The molecule has 8 heteroatoms. The Hall–Kier alpha value is -3.29. The second kappa shape index (κ2) is 6.68. The van der Waals surface area contributed by atoms with Gasteiger partial charge < -0.3 is 19.9 Å². The minimum atomic E-state index is 0.0569. The summed E-state index contributed by atoms with van der Waals surface area (Å²) >= 11 is 0. The molecule has 0 aliphatic carbocycles. The fourth-order valence-corrected chi connectivity index (χ4v) is 2.51. The van der Waals surface area contributed by atoms with Crippen molar-refractivity contribution >= 4 is 11.8 Å². The van der Waals surface area contributed by atoms with Crippen molar-refractivity contribution in [3.63, 3.8) is 0 Å². The Labute approximate surface area is 145 Å². The quantitative estimate of drug-likeness (QED) is 0.737. The van der Waals surface area contributed by atoms with Crippen LogP contribution in [0.5, 0.6) is 17.5 Å². The van der Waals surface area contributed by atoms with Crippen LogP contribution in [0.25, 0.3) is 5.69 Å². The van der Waals surface area contributed by atoms with Crippen LogP contribution in [-0.2, 0) is 0 Å². The maximum absolute atomic E-state index is 10.3. The van der Waals surface area contributed by atoms with Gasteiger partial charge in [-0.25, -0.2) is 19.5 Å². The molecule has 2 heterocycles.